The van der Waals surface area contributed by atoms with Crippen molar-refractivity contribution in [1.82, 2.24) is 9.13 Å². The van der Waals surface area contributed by atoms with E-state index in [1.807, 2.05) is 63.6 Å². The lowest BCUT2D eigenvalue weighted by Gasteiger charge is -2.31. The Labute approximate surface area is 310 Å². The zero-order valence-electron chi connectivity index (χ0n) is 31.5. The average Bonchev–Trinajstić information content (AvgIpc) is 3.44. The maximum absolute atomic E-state index is 14.6. The molecule has 272 valence electrons. The van der Waals surface area contributed by atoms with Gasteiger partial charge in [-0.3, -0.25) is 18.7 Å². The highest BCUT2D eigenvalue weighted by Gasteiger charge is 2.47. The predicted octanol–water partition coefficient (Wildman–Crippen LogP) is 8.05. The van der Waals surface area contributed by atoms with Crippen molar-refractivity contribution in [3.8, 4) is 5.88 Å². The lowest BCUT2D eigenvalue weighted by Crippen LogP contribution is -2.34. The minimum atomic E-state index is -1.02. The maximum atomic E-state index is 14.6. The highest BCUT2D eigenvalue weighted by Crippen LogP contribution is 2.51. The van der Waals surface area contributed by atoms with Crippen molar-refractivity contribution >= 4 is 46.6 Å². The molecule has 0 bridgehead atoms. The summed E-state index contributed by atoms with van der Waals surface area (Å²) in [6.07, 6.45) is 8.10. The molecule has 10 heteroatoms. The lowest BCUT2D eigenvalue weighted by molar-refractivity contribution is -0.401. The molecule has 3 heterocycles. The fraction of sp³-hybridized carbons (Fsp3) is 0.405. The molecule has 2 aliphatic heterocycles. The molecule has 0 saturated carbocycles. The third kappa shape index (κ3) is 5.62. The third-order valence-corrected chi connectivity index (χ3v) is 11.6. The molecule has 3 aliphatic rings. The zero-order valence-corrected chi connectivity index (χ0v) is 32.3. The first-order chi connectivity index (χ1) is 24.6. The predicted molar refractivity (Wildman–Crippen MR) is 209 cm³/mol. The van der Waals surface area contributed by atoms with Crippen LogP contribution in [0.4, 0.5) is 11.4 Å². The van der Waals surface area contributed by atoms with Crippen molar-refractivity contribution in [3.63, 3.8) is 0 Å². The number of para-hydroxylation sites is 1. The molecule has 2 aromatic carbocycles. The number of carboxylic acids is 1. The van der Waals surface area contributed by atoms with E-state index in [4.69, 9.17) is 12.2 Å². The first-order valence-electron chi connectivity index (χ1n) is 18.3. The summed E-state index contributed by atoms with van der Waals surface area (Å²) in [6.45, 7) is 15.6. The van der Waals surface area contributed by atoms with Crippen LogP contribution in [0.3, 0.4) is 0 Å². The smallest absolute Gasteiger partial charge is 0.335 e. The molecule has 0 amide bonds. The van der Waals surface area contributed by atoms with Crippen LogP contribution in [0.5, 0.6) is 5.88 Å². The minimum Gasteiger partial charge on any atom is -0.494 e. The van der Waals surface area contributed by atoms with Crippen molar-refractivity contribution in [1.29, 1.82) is 0 Å². The summed E-state index contributed by atoms with van der Waals surface area (Å²) in [5.74, 6) is -1.51. The maximum Gasteiger partial charge on any atom is 0.335 e. The van der Waals surface area contributed by atoms with Gasteiger partial charge < -0.3 is 15.1 Å². The highest BCUT2D eigenvalue weighted by molar-refractivity contribution is 7.71. The van der Waals surface area contributed by atoms with E-state index in [0.29, 0.717) is 29.8 Å². The van der Waals surface area contributed by atoms with Crippen LogP contribution in [0.2, 0.25) is 0 Å². The zero-order chi connectivity index (χ0) is 37.9. The Morgan fingerprint density at radius 3 is 2.25 bits per heavy atom. The molecular formula is C42H49N4O5S+. The van der Waals surface area contributed by atoms with Crippen LogP contribution in [-0.2, 0) is 28.7 Å². The monoisotopic (exact) mass is 721 g/mol. The molecule has 0 saturated heterocycles. The van der Waals surface area contributed by atoms with Crippen LogP contribution < -0.4 is 10.5 Å². The van der Waals surface area contributed by atoms with E-state index < -0.39 is 22.4 Å². The van der Waals surface area contributed by atoms with Gasteiger partial charge in [0.05, 0.1) is 11.0 Å². The van der Waals surface area contributed by atoms with E-state index in [0.717, 1.165) is 60.6 Å². The van der Waals surface area contributed by atoms with E-state index in [9.17, 15) is 24.6 Å². The second-order valence-corrected chi connectivity index (χ2v) is 15.3. The number of carbonyl (C=O) groups excluding carboxylic acids is 1. The Hall–Kier alpha value is -4.83. The Balaban J connectivity index is 1.62. The first-order valence-corrected chi connectivity index (χ1v) is 18.7. The summed E-state index contributed by atoms with van der Waals surface area (Å²) in [4.78, 5) is 43.1. The summed E-state index contributed by atoms with van der Waals surface area (Å²) in [6, 6.07) is 13.4. The van der Waals surface area contributed by atoms with Crippen LogP contribution in [0.1, 0.15) is 101 Å². The molecular weight excluding hydrogens is 673 g/mol. The first kappa shape index (κ1) is 36.9. The number of aromatic hydroxyl groups is 1. The largest absolute Gasteiger partial charge is 0.494 e. The number of carbonyl (C=O) groups is 2. The Bertz CT molecular complexity index is 2280. The van der Waals surface area contributed by atoms with Gasteiger partial charge in [0, 0.05) is 70.9 Å². The Morgan fingerprint density at radius 1 is 0.904 bits per heavy atom. The number of rotatable bonds is 11. The summed E-state index contributed by atoms with van der Waals surface area (Å²) in [7, 11) is 1.89. The van der Waals surface area contributed by atoms with E-state index in [1.54, 1.807) is 18.2 Å². The van der Waals surface area contributed by atoms with Gasteiger partial charge in [0.25, 0.3) is 5.56 Å². The van der Waals surface area contributed by atoms with Gasteiger partial charge in [-0.25, -0.2) is 4.79 Å². The molecule has 1 aliphatic carbocycles. The summed E-state index contributed by atoms with van der Waals surface area (Å²) in [5, 5.41) is 21.5. The topological polar surface area (TPSA) is 108 Å². The average molecular weight is 722 g/mol. The summed E-state index contributed by atoms with van der Waals surface area (Å²) in [5.41, 5.74) is 5.37. The lowest BCUT2D eigenvalue weighted by atomic mass is 9.73. The van der Waals surface area contributed by atoms with E-state index in [-0.39, 0.29) is 27.6 Å². The van der Waals surface area contributed by atoms with E-state index in [2.05, 4.69) is 37.8 Å². The number of nitrogens with zero attached hydrogens (tertiary/aromatic N) is 4. The number of benzene rings is 2. The van der Waals surface area contributed by atoms with Crippen LogP contribution in [0, 0.1) is 4.77 Å². The number of aromatic carboxylic acids is 1. The second-order valence-electron chi connectivity index (χ2n) is 14.9. The van der Waals surface area contributed by atoms with Crippen molar-refractivity contribution in [2.24, 2.45) is 0 Å². The van der Waals surface area contributed by atoms with Crippen LogP contribution in [0.15, 0.2) is 76.3 Å². The van der Waals surface area contributed by atoms with Crippen molar-refractivity contribution in [2.45, 2.75) is 98.1 Å². The van der Waals surface area contributed by atoms with Gasteiger partial charge in [0.1, 0.15) is 12.6 Å². The highest BCUT2D eigenvalue weighted by atomic mass is 32.1. The number of ketones is 1. The number of anilines is 1. The van der Waals surface area contributed by atoms with Crippen LogP contribution in [-0.4, -0.2) is 55.0 Å². The molecule has 0 fully saturated rings. The molecule has 0 atom stereocenters. The molecule has 3 aromatic rings. The Kier molecular flexibility index (Phi) is 9.68. The molecule has 1 aromatic heterocycles. The van der Waals surface area contributed by atoms with Crippen LogP contribution >= 0.6 is 12.2 Å². The summed E-state index contributed by atoms with van der Waals surface area (Å²) >= 11 is 5.64. The molecule has 6 rings (SSSR count). The molecule has 9 nitrogen and oxygen atoms in total. The van der Waals surface area contributed by atoms with Crippen LogP contribution in [0.25, 0.3) is 5.57 Å². The third-order valence-electron chi connectivity index (χ3n) is 11.2. The fourth-order valence-electron chi connectivity index (χ4n) is 8.21. The number of fused-ring (bicyclic) bond motifs is 2. The number of Topliss-reactive ketones (excluding diaryl/α,β-unsaturated/α-hetero) is 1. The quantitative estimate of drug-likeness (QED) is 0.0893. The fourth-order valence-corrected chi connectivity index (χ4v) is 8.64. The van der Waals surface area contributed by atoms with Gasteiger partial charge in [-0.2, -0.15) is 4.58 Å². The van der Waals surface area contributed by atoms with Gasteiger partial charge in [0.2, 0.25) is 11.6 Å². The number of carboxylic acid groups (broad SMARTS) is 1. The summed E-state index contributed by atoms with van der Waals surface area (Å²) < 4.78 is 5.18. The normalized spacial score (nSPS) is 18.8. The van der Waals surface area contributed by atoms with Crippen molar-refractivity contribution < 1.29 is 24.4 Å². The molecule has 0 spiro atoms. The number of hydrogen-bond acceptors (Lipinski definition) is 6. The van der Waals surface area contributed by atoms with Gasteiger partial charge in [0.15, 0.2) is 16.3 Å². The van der Waals surface area contributed by atoms with Gasteiger partial charge in [-0.1, -0.05) is 58.2 Å². The second kappa shape index (κ2) is 13.6. The number of unbranched alkanes of at least 4 members (excludes halogenated alkanes) is 3. The SMILES string of the molecule is CCCCCCN1/C(=C/C2=C(c3c(O)n(CC)c(=S)n(CC)c3=O)C(=C/C3=[N+](C)c4ccc(C(=O)O)cc4C3(C)C)/C2=O)C(C)(C)c2ccccc21. The molecule has 52 heavy (non-hydrogen) atoms. The number of allylic oxidation sites excluding steroid dienone is 6. The minimum absolute atomic E-state index is 0.0440. The Morgan fingerprint density at radius 2 is 1.60 bits per heavy atom. The van der Waals surface area contributed by atoms with Crippen molar-refractivity contribution in [2.75, 3.05) is 18.5 Å². The molecule has 0 unspecified atom stereocenters. The van der Waals surface area contributed by atoms with Gasteiger partial charge in [-0.05, 0) is 76.2 Å². The standard InChI is InChI=1S/C42H48N4O5S/c1-9-12-13-16-21-46-31-18-15-14-17-28(31)41(4,5)33(46)24-27-34(35-37(48)44(10-2)40(52)45(11-3)38(35)49)26(36(27)47)23-32-42(6,7)29-22-25(39(50)51)19-20-30(29)43(32)8/h14-15,17-20,22-24H,9-13,16,21H2,1-8H3,(H-,47,48,49,50,51)/p+1. The van der Waals surface area contributed by atoms with E-state index >= 15 is 0 Å². The number of aromatic nitrogens is 2. The number of hydrogen-bond donors (Lipinski definition) is 2. The van der Waals surface area contributed by atoms with Gasteiger partial charge >= 0.3 is 5.97 Å². The molecule has 2 N–H and O–H groups in total. The van der Waals surface area contributed by atoms with Crippen molar-refractivity contribution in [3.05, 3.63) is 109 Å². The van der Waals surface area contributed by atoms with E-state index in [1.165, 1.54) is 14.7 Å². The van der Waals surface area contributed by atoms with Gasteiger partial charge in [-0.15, -0.1) is 0 Å². The molecule has 0 radical (unpaired) electrons.